The quantitative estimate of drug-likeness (QED) is 0.548. The highest BCUT2D eigenvalue weighted by Gasteiger charge is 2.27. The number of guanidine groups is 1. The number of benzene rings is 2. The summed E-state index contributed by atoms with van der Waals surface area (Å²) in [5.74, 6) is -0.478. The monoisotopic (exact) mass is 429 g/mol. The summed E-state index contributed by atoms with van der Waals surface area (Å²) in [5, 5.41) is 6.57. The van der Waals surface area contributed by atoms with E-state index in [9.17, 15) is 13.6 Å². The van der Waals surface area contributed by atoms with Crippen molar-refractivity contribution in [1.29, 1.82) is 0 Å². The second-order valence-corrected chi connectivity index (χ2v) is 7.74. The summed E-state index contributed by atoms with van der Waals surface area (Å²) in [6.07, 6.45) is 0.750. The maximum atomic E-state index is 14.1. The maximum Gasteiger partial charge on any atom is 0.253 e. The molecule has 3 rings (SSSR count). The van der Waals surface area contributed by atoms with Crippen LogP contribution in [0.25, 0.3) is 0 Å². The number of nitrogens with one attached hydrogen (secondary N) is 2. The van der Waals surface area contributed by atoms with Gasteiger partial charge in [0, 0.05) is 45.3 Å². The molecule has 0 aromatic heterocycles. The van der Waals surface area contributed by atoms with Crippen LogP contribution < -0.4 is 15.5 Å². The van der Waals surface area contributed by atoms with Crippen molar-refractivity contribution in [2.24, 2.45) is 4.99 Å². The van der Waals surface area contributed by atoms with Crippen molar-refractivity contribution in [2.45, 2.75) is 25.9 Å². The number of rotatable bonds is 6. The average molecular weight is 430 g/mol. The lowest BCUT2D eigenvalue weighted by molar-refractivity contribution is 0.0827. The van der Waals surface area contributed by atoms with Crippen LogP contribution >= 0.6 is 0 Å². The first-order chi connectivity index (χ1) is 14.9. The lowest BCUT2D eigenvalue weighted by Crippen LogP contribution is -2.44. The van der Waals surface area contributed by atoms with E-state index in [1.807, 2.05) is 19.1 Å². The summed E-state index contributed by atoms with van der Waals surface area (Å²) in [6.45, 7) is 4.18. The van der Waals surface area contributed by atoms with Gasteiger partial charge in [0.15, 0.2) is 5.96 Å². The van der Waals surface area contributed by atoms with Crippen LogP contribution in [0.5, 0.6) is 0 Å². The van der Waals surface area contributed by atoms with E-state index in [1.165, 1.54) is 18.2 Å². The third kappa shape index (κ3) is 5.71. The van der Waals surface area contributed by atoms with Gasteiger partial charge in [0.1, 0.15) is 17.3 Å². The van der Waals surface area contributed by atoms with Crippen LogP contribution in [0.3, 0.4) is 0 Å². The minimum atomic E-state index is -0.544. The molecule has 2 aromatic carbocycles. The van der Waals surface area contributed by atoms with Gasteiger partial charge in [0.25, 0.3) is 5.91 Å². The van der Waals surface area contributed by atoms with Gasteiger partial charge < -0.3 is 20.4 Å². The summed E-state index contributed by atoms with van der Waals surface area (Å²) >= 11 is 0. The van der Waals surface area contributed by atoms with E-state index in [1.54, 1.807) is 36.0 Å². The molecule has 1 atom stereocenters. The zero-order valence-corrected chi connectivity index (χ0v) is 18.2. The molecule has 0 spiro atoms. The zero-order chi connectivity index (χ0) is 22.4. The summed E-state index contributed by atoms with van der Waals surface area (Å²) < 4.78 is 28.2. The Morgan fingerprint density at radius 1 is 1.16 bits per heavy atom. The molecule has 6 nitrogen and oxygen atoms in total. The van der Waals surface area contributed by atoms with Crippen molar-refractivity contribution >= 4 is 17.6 Å². The van der Waals surface area contributed by atoms with Crippen LogP contribution in [0.15, 0.2) is 47.5 Å². The lowest BCUT2D eigenvalue weighted by atomic mass is 10.1. The van der Waals surface area contributed by atoms with Crippen LogP contribution in [0, 0.1) is 11.6 Å². The Labute approximate surface area is 182 Å². The molecule has 1 aliphatic heterocycles. The fourth-order valence-corrected chi connectivity index (χ4v) is 3.57. The van der Waals surface area contributed by atoms with Crippen LogP contribution in [-0.4, -0.2) is 56.5 Å². The molecule has 8 heteroatoms. The number of carbonyl (C=O) groups is 1. The van der Waals surface area contributed by atoms with Gasteiger partial charge in [-0.1, -0.05) is 18.2 Å². The van der Waals surface area contributed by atoms with Gasteiger partial charge >= 0.3 is 0 Å². The molecule has 0 bridgehead atoms. The molecule has 31 heavy (non-hydrogen) atoms. The van der Waals surface area contributed by atoms with E-state index in [0.717, 1.165) is 12.0 Å². The molecule has 1 aliphatic rings. The number of amides is 1. The fraction of sp³-hybridized carbons (Fsp3) is 0.391. The summed E-state index contributed by atoms with van der Waals surface area (Å²) in [5.41, 5.74) is 1.64. The molecule has 1 heterocycles. The standard InChI is InChI=1S/C23H29F2N5O/c1-4-26-23(27-14-16-8-10-17(11-9-16)22(31)29(2)3)28-18-12-13-30(15-18)21-19(24)6-5-7-20(21)25/h5-11,18H,4,12-15H2,1-3H3,(H2,26,27,28). The topological polar surface area (TPSA) is 60.0 Å². The SMILES string of the molecule is CCNC(=NCc1ccc(C(=O)N(C)C)cc1)NC1CCN(c2c(F)cccc2F)C1. The molecule has 1 amide bonds. The third-order valence-corrected chi connectivity index (χ3v) is 5.15. The van der Waals surface area contributed by atoms with Crippen molar-refractivity contribution < 1.29 is 13.6 Å². The van der Waals surface area contributed by atoms with Crippen molar-refractivity contribution in [3.05, 3.63) is 65.2 Å². The third-order valence-electron chi connectivity index (χ3n) is 5.15. The smallest absolute Gasteiger partial charge is 0.253 e. The number of carbonyl (C=O) groups excluding carboxylic acids is 1. The molecular weight excluding hydrogens is 400 g/mol. The van der Waals surface area contributed by atoms with E-state index in [4.69, 9.17) is 0 Å². The van der Waals surface area contributed by atoms with Crippen LogP contribution in [-0.2, 0) is 6.54 Å². The van der Waals surface area contributed by atoms with Crippen LogP contribution in [0.4, 0.5) is 14.5 Å². The molecule has 0 radical (unpaired) electrons. The highest BCUT2D eigenvalue weighted by molar-refractivity contribution is 5.93. The van der Waals surface area contributed by atoms with E-state index in [-0.39, 0.29) is 17.6 Å². The van der Waals surface area contributed by atoms with Gasteiger partial charge in [0.05, 0.1) is 6.54 Å². The summed E-state index contributed by atoms with van der Waals surface area (Å²) in [7, 11) is 3.44. The molecule has 2 aromatic rings. The van der Waals surface area contributed by atoms with Gasteiger partial charge in [-0.05, 0) is 43.2 Å². The number of nitrogens with zero attached hydrogens (tertiary/aromatic N) is 3. The van der Waals surface area contributed by atoms with E-state index >= 15 is 0 Å². The Morgan fingerprint density at radius 2 is 1.84 bits per heavy atom. The number of para-hydroxylation sites is 1. The largest absolute Gasteiger partial charge is 0.365 e. The predicted molar refractivity (Wildman–Crippen MR) is 119 cm³/mol. The Balaban J connectivity index is 1.62. The first-order valence-electron chi connectivity index (χ1n) is 10.4. The Hall–Kier alpha value is -3.16. The van der Waals surface area contributed by atoms with Crippen molar-refractivity contribution in [3.8, 4) is 0 Å². The van der Waals surface area contributed by atoms with Gasteiger partial charge in [-0.25, -0.2) is 13.8 Å². The molecule has 0 saturated carbocycles. The lowest BCUT2D eigenvalue weighted by Gasteiger charge is -2.21. The predicted octanol–water partition coefficient (Wildman–Crippen LogP) is 3.00. The number of hydrogen-bond acceptors (Lipinski definition) is 3. The minimum absolute atomic E-state index is 0.0249. The molecular formula is C23H29F2N5O. The highest BCUT2D eigenvalue weighted by atomic mass is 19.1. The number of hydrogen-bond donors (Lipinski definition) is 2. The molecule has 2 N–H and O–H groups in total. The molecule has 1 saturated heterocycles. The van der Waals surface area contributed by atoms with Crippen molar-refractivity contribution in [1.82, 2.24) is 15.5 Å². The first kappa shape index (κ1) is 22.5. The first-order valence-corrected chi connectivity index (χ1v) is 10.4. The Morgan fingerprint density at radius 3 is 2.45 bits per heavy atom. The van der Waals surface area contributed by atoms with Crippen LogP contribution in [0.1, 0.15) is 29.3 Å². The summed E-state index contributed by atoms with van der Waals surface area (Å²) in [4.78, 5) is 19.9. The van der Waals surface area contributed by atoms with Gasteiger partial charge in [-0.2, -0.15) is 0 Å². The second-order valence-electron chi connectivity index (χ2n) is 7.74. The van der Waals surface area contributed by atoms with Gasteiger partial charge in [-0.3, -0.25) is 4.79 Å². The van der Waals surface area contributed by atoms with Gasteiger partial charge in [-0.15, -0.1) is 0 Å². The summed E-state index contributed by atoms with van der Waals surface area (Å²) in [6, 6.07) is 11.3. The zero-order valence-electron chi connectivity index (χ0n) is 18.2. The average Bonchev–Trinajstić information content (AvgIpc) is 3.20. The van der Waals surface area contributed by atoms with E-state index in [0.29, 0.717) is 37.7 Å². The number of aliphatic imine (C=N–C) groups is 1. The van der Waals surface area contributed by atoms with E-state index in [2.05, 4.69) is 15.6 Å². The highest BCUT2D eigenvalue weighted by Crippen LogP contribution is 2.26. The van der Waals surface area contributed by atoms with Crippen molar-refractivity contribution in [3.63, 3.8) is 0 Å². The minimum Gasteiger partial charge on any atom is -0.365 e. The molecule has 0 aliphatic carbocycles. The fourth-order valence-electron chi connectivity index (χ4n) is 3.57. The Kier molecular flexibility index (Phi) is 7.44. The van der Waals surface area contributed by atoms with Crippen LogP contribution in [0.2, 0.25) is 0 Å². The molecule has 1 unspecified atom stereocenters. The maximum absolute atomic E-state index is 14.1. The number of halogens is 2. The van der Waals surface area contributed by atoms with E-state index < -0.39 is 11.6 Å². The normalized spacial score (nSPS) is 16.4. The van der Waals surface area contributed by atoms with Gasteiger partial charge in [0.2, 0.25) is 0 Å². The Bertz CT molecular complexity index is 910. The number of anilines is 1. The molecule has 166 valence electrons. The second kappa shape index (κ2) is 10.2. The van der Waals surface area contributed by atoms with Crippen molar-refractivity contribution in [2.75, 3.05) is 38.6 Å². The molecule has 1 fully saturated rings.